The molecule has 5 heterocycles. The molecule has 6 rings (SSSR count). The minimum Gasteiger partial charge on any atom is -0.355 e. The molecule has 2 aliphatic heterocycles. The van der Waals surface area contributed by atoms with Gasteiger partial charge >= 0.3 is 0 Å². The van der Waals surface area contributed by atoms with Crippen molar-refractivity contribution in [3.05, 3.63) is 107 Å². The summed E-state index contributed by atoms with van der Waals surface area (Å²) in [7, 11) is 0. The van der Waals surface area contributed by atoms with Crippen molar-refractivity contribution in [2.24, 2.45) is 0 Å². The Kier molecular flexibility index (Phi) is 5.03. The molecule has 4 nitrogen and oxygen atoms in total. The van der Waals surface area contributed by atoms with Gasteiger partial charge in [-0.2, -0.15) is 0 Å². The van der Waals surface area contributed by atoms with E-state index >= 15 is 0 Å². The third-order valence-corrected chi connectivity index (χ3v) is 4.98. The lowest BCUT2D eigenvalue weighted by Crippen LogP contribution is -1.77. The Morgan fingerprint density at radius 2 is 0.903 bits per heavy atom. The maximum absolute atomic E-state index is 4.62. The van der Waals surface area contributed by atoms with Crippen LogP contribution in [0.15, 0.2) is 78.9 Å². The number of hydrogen-bond acceptors (Lipinski definition) is 2. The van der Waals surface area contributed by atoms with Crippen molar-refractivity contribution in [3.8, 4) is 0 Å². The van der Waals surface area contributed by atoms with Crippen LogP contribution in [-0.4, -0.2) is 19.9 Å². The summed E-state index contributed by atoms with van der Waals surface area (Å²) >= 11 is 0. The fraction of sp³-hybridized carbons (Fsp3) is 0.0370. The van der Waals surface area contributed by atoms with Crippen molar-refractivity contribution in [1.82, 2.24) is 19.9 Å². The molecule has 2 aliphatic rings. The molecule has 0 amide bonds. The Balaban J connectivity index is 0.000000250. The number of benzene rings is 1. The van der Waals surface area contributed by atoms with Crippen molar-refractivity contribution in [1.29, 1.82) is 0 Å². The average Bonchev–Trinajstić information content (AvgIpc) is 3.55. The van der Waals surface area contributed by atoms with E-state index in [1.54, 1.807) is 0 Å². The van der Waals surface area contributed by atoms with Crippen LogP contribution in [0.4, 0.5) is 0 Å². The van der Waals surface area contributed by atoms with Gasteiger partial charge in [-0.1, -0.05) is 35.9 Å². The van der Waals surface area contributed by atoms with Gasteiger partial charge in [0.2, 0.25) is 0 Å². The molecular formula is C27H22N4. The molecular weight excluding hydrogens is 380 g/mol. The number of fused-ring (bicyclic) bond motifs is 8. The molecule has 31 heavy (non-hydrogen) atoms. The first kappa shape index (κ1) is 18.8. The van der Waals surface area contributed by atoms with E-state index in [2.05, 4.69) is 69.3 Å². The predicted octanol–water partition coefficient (Wildman–Crippen LogP) is 6.65. The Hall–Kier alpha value is -4.18. The zero-order valence-corrected chi connectivity index (χ0v) is 17.2. The zero-order valence-electron chi connectivity index (χ0n) is 17.2. The van der Waals surface area contributed by atoms with Gasteiger partial charge < -0.3 is 9.97 Å². The van der Waals surface area contributed by atoms with Crippen molar-refractivity contribution < 1.29 is 0 Å². The fourth-order valence-electron chi connectivity index (χ4n) is 3.48. The predicted molar refractivity (Wildman–Crippen MR) is 130 cm³/mol. The van der Waals surface area contributed by atoms with Crippen molar-refractivity contribution in [2.45, 2.75) is 6.92 Å². The SMILES string of the molecule is C1=Cc2cc3ccc(cc4ccc(cc5nc(cc1n2)C=C5)[nH]4)[nH]3.Cc1ccccc1. The lowest BCUT2D eigenvalue weighted by molar-refractivity contribution is 1.28. The summed E-state index contributed by atoms with van der Waals surface area (Å²) in [6, 6.07) is 26.7. The van der Waals surface area contributed by atoms with Crippen LogP contribution in [0, 0.1) is 6.92 Å². The minimum atomic E-state index is 0.915. The second-order valence-corrected chi connectivity index (χ2v) is 7.56. The monoisotopic (exact) mass is 402 g/mol. The van der Waals surface area contributed by atoms with E-state index in [1.165, 1.54) is 5.56 Å². The minimum absolute atomic E-state index is 0.915. The summed E-state index contributed by atoms with van der Waals surface area (Å²) in [5, 5.41) is 0. The molecule has 3 aromatic heterocycles. The molecule has 0 saturated heterocycles. The van der Waals surface area contributed by atoms with E-state index < -0.39 is 0 Å². The molecule has 0 unspecified atom stereocenters. The first-order valence-corrected chi connectivity index (χ1v) is 10.3. The topological polar surface area (TPSA) is 57.4 Å². The van der Waals surface area contributed by atoms with Crippen molar-refractivity contribution in [3.63, 3.8) is 0 Å². The summed E-state index contributed by atoms with van der Waals surface area (Å²) in [6.07, 6.45) is 8.05. The number of hydrogen-bond donors (Lipinski definition) is 2. The van der Waals surface area contributed by atoms with Gasteiger partial charge in [-0.3, -0.25) is 0 Å². The molecule has 0 atom stereocenters. The third kappa shape index (κ3) is 4.70. The second-order valence-electron chi connectivity index (χ2n) is 7.56. The Morgan fingerprint density at radius 1 is 0.484 bits per heavy atom. The maximum atomic E-state index is 4.62. The summed E-state index contributed by atoms with van der Waals surface area (Å²) in [5.41, 5.74) is 9.18. The number of aryl methyl sites for hydroxylation is 1. The van der Waals surface area contributed by atoms with Gasteiger partial charge in [-0.25, -0.2) is 9.97 Å². The first-order valence-electron chi connectivity index (χ1n) is 10.3. The van der Waals surface area contributed by atoms with Crippen LogP contribution in [-0.2, 0) is 0 Å². The van der Waals surface area contributed by atoms with Crippen LogP contribution in [0.1, 0.15) is 28.3 Å². The summed E-state index contributed by atoms with van der Waals surface area (Å²) < 4.78 is 0. The van der Waals surface area contributed by atoms with Crippen LogP contribution in [0.5, 0.6) is 0 Å². The Morgan fingerprint density at radius 3 is 1.32 bits per heavy atom. The molecule has 4 aromatic rings. The molecule has 1 aromatic carbocycles. The molecule has 0 spiro atoms. The highest BCUT2D eigenvalue weighted by Crippen LogP contribution is 2.17. The second kappa shape index (κ2) is 8.28. The van der Waals surface area contributed by atoms with Crippen LogP contribution in [0.3, 0.4) is 0 Å². The molecule has 0 radical (unpaired) electrons. The highest BCUT2D eigenvalue weighted by Gasteiger charge is 2.02. The van der Waals surface area contributed by atoms with Gasteiger partial charge in [0.15, 0.2) is 0 Å². The van der Waals surface area contributed by atoms with E-state index in [1.807, 2.05) is 60.7 Å². The van der Waals surface area contributed by atoms with E-state index in [0.29, 0.717) is 0 Å². The van der Waals surface area contributed by atoms with Gasteiger partial charge in [0, 0.05) is 22.1 Å². The first-order chi connectivity index (χ1) is 15.2. The highest BCUT2D eigenvalue weighted by molar-refractivity contribution is 5.77. The zero-order chi connectivity index (χ0) is 21.0. The lowest BCUT2D eigenvalue weighted by atomic mass is 10.2. The van der Waals surface area contributed by atoms with Gasteiger partial charge in [0.1, 0.15) is 0 Å². The Bertz CT molecular complexity index is 1350. The number of rotatable bonds is 0. The van der Waals surface area contributed by atoms with Crippen LogP contribution in [0.25, 0.3) is 46.4 Å². The average molecular weight is 403 g/mol. The molecule has 0 aliphatic carbocycles. The summed E-state index contributed by atoms with van der Waals surface area (Å²) in [5.74, 6) is 0. The number of nitrogens with one attached hydrogen (secondary N) is 2. The van der Waals surface area contributed by atoms with Crippen molar-refractivity contribution >= 4 is 46.4 Å². The largest absolute Gasteiger partial charge is 0.355 e. The molecule has 150 valence electrons. The van der Waals surface area contributed by atoms with Gasteiger partial charge in [0.05, 0.1) is 22.8 Å². The van der Waals surface area contributed by atoms with E-state index in [9.17, 15) is 0 Å². The molecule has 2 N–H and O–H groups in total. The molecule has 0 saturated carbocycles. The fourth-order valence-corrected chi connectivity index (χ4v) is 3.48. The number of H-pyrrole nitrogens is 2. The van der Waals surface area contributed by atoms with E-state index in [0.717, 1.165) is 44.8 Å². The smallest absolute Gasteiger partial charge is 0.0659 e. The molecule has 0 fully saturated rings. The lowest BCUT2D eigenvalue weighted by Gasteiger charge is -1.86. The normalized spacial score (nSPS) is 11.8. The van der Waals surface area contributed by atoms with Gasteiger partial charge in [-0.05, 0) is 79.8 Å². The number of aromatic nitrogens is 4. The highest BCUT2D eigenvalue weighted by atomic mass is 14.8. The quantitative estimate of drug-likeness (QED) is 0.299. The van der Waals surface area contributed by atoms with E-state index in [4.69, 9.17) is 0 Å². The van der Waals surface area contributed by atoms with Crippen LogP contribution < -0.4 is 0 Å². The number of aromatic amines is 2. The molecule has 8 bridgehead atoms. The standard InChI is InChI=1S/C20H14N4.C7H8/c1-2-14-10-16-5-6-18(23-16)12-20-8-7-19(24-20)11-17-4-3-15(22-17)9-13(1)21-14;1-7-5-3-2-4-6-7/h1-12,21-22H;2-6H,1H3. The van der Waals surface area contributed by atoms with Crippen LogP contribution in [0.2, 0.25) is 0 Å². The van der Waals surface area contributed by atoms with E-state index in [-0.39, 0.29) is 0 Å². The van der Waals surface area contributed by atoms with Crippen molar-refractivity contribution in [2.75, 3.05) is 0 Å². The summed E-state index contributed by atoms with van der Waals surface area (Å²) in [6.45, 7) is 2.08. The Labute approximate surface area is 180 Å². The summed E-state index contributed by atoms with van der Waals surface area (Å²) in [4.78, 5) is 16.0. The van der Waals surface area contributed by atoms with Crippen LogP contribution >= 0.6 is 0 Å². The number of nitrogens with zero attached hydrogens (tertiary/aromatic N) is 2. The third-order valence-electron chi connectivity index (χ3n) is 4.98. The maximum Gasteiger partial charge on any atom is 0.0659 e. The molecule has 4 heteroatoms. The van der Waals surface area contributed by atoms with Gasteiger partial charge in [0.25, 0.3) is 0 Å². The van der Waals surface area contributed by atoms with Gasteiger partial charge in [-0.15, -0.1) is 0 Å².